The number of hydrogen-bond donors (Lipinski definition) is 1. The maximum atomic E-state index is 14.0. The molecule has 2 atom stereocenters. The molecule has 0 aromatic heterocycles. The molecule has 6 heteroatoms. The van der Waals surface area contributed by atoms with Gasteiger partial charge in [0, 0.05) is 13.1 Å². The SMILES string of the molecule is CN(c1ccc(C(F)(F)F)cc1F)C1CCCCC1CN. The fourth-order valence-corrected chi connectivity index (χ4v) is 3.12. The van der Waals surface area contributed by atoms with Gasteiger partial charge in [0.1, 0.15) is 5.82 Å². The summed E-state index contributed by atoms with van der Waals surface area (Å²) >= 11 is 0. The Labute approximate surface area is 121 Å². The highest BCUT2D eigenvalue weighted by atomic mass is 19.4. The zero-order valence-electron chi connectivity index (χ0n) is 12.0. The van der Waals surface area contributed by atoms with Crippen molar-refractivity contribution in [1.29, 1.82) is 0 Å². The summed E-state index contributed by atoms with van der Waals surface area (Å²) in [6, 6.07) is 2.77. The van der Waals surface area contributed by atoms with E-state index in [1.165, 1.54) is 6.07 Å². The predicted octanol–water partition coefficient (Wildman–Crippen LogP) is 3.80. The van der Waals surface area contributed by atoms with Crippen LogP contribution in [0.5, 0.6) is 0 Å². The number of nitrogens with two attached hydrogens (primary N) is 1. The van der Waals surface area contributed by atoms with Crippen LogP contribution in [0.25, 0.3) is 0 Å². The number of benzene rings is 1. The van der Waals surface area contributed by atoms with Crippen molar-refractivity contribution in [1.82, 2.24) is 0 Å². The van der Waals surface area contributed by atoms with Crippen molar-refractivity contribution in [2.75, 3.05) is 18.5 Å². The Hall–Kier alpha value is -1.30. The summed E-state index contributed by atoms with van der Waals surface area (Å²) in [6.07, 6.45) is -0.523. The summed E-state index contributed by atoms with van der Waals surface area (Å²) in [5, 5.41) is 0. The summed E-state index contributed by atoms with van der Waals surface area (Å²) in [7, 11) is 1.73. The van der Waals surface area contributed by atoms with Crippen LogP contribution in [0.1, 0.15) is 31.2 Å². The number of anilines is 1. The van der Waals surface area contributed by atoms with Crippen LogP contribution in [0.2, 0.25) is 0 Å². The minimum absolute atomic E-state index is 0.0787. The van der Waals surface area contributed by atoms with Crippen molar-refractivity contribution in [3.63, 3.8) is 0 Å². The van der Waals surface area contributed by atoms with Gasteiger partial charge in [-0.3, -0.25) is 0 Å². The van der Waals surface area contributed by atoms with E-state index in [4.69, 9.17) is 5.73 Å². The third kappa shape index (κ3) is 3.48. The van der Waals surface area contributed by atoms with E-state index in [-0.39, 0.29) is 17.6 Å². The van der Waals surface area contributed by atoms with E-state index in [0.29, 0.717) is 12.6 Å². The average molecular weight is 304 g/mol. The van der Waals surface area contributed by atoms with Gasteiger partial charge in [-0.05, 0) is 43.5 Å². The van der Waals surface area contributed by atoms with E-state index < -0.39 is 17.6 Å². The Bertz CT molecular complexity index is 487. The maximum Gasteiger partial charge on any atom is 0.416 e. The number of hydrogen-bond acceptors (Lipinski definition) is 2. The van der Waals surface area contributed by atoms with Crippen LogP contribution in [0, 0.1) is 11.7 Å². The molecule has 2 nitrogen and oxygen atoms in total. The van der Waals surface area contributed by atoms with Gasteiger partial charge >= 0.3 is 6.18 Å². The first-order valence-electron chi connectivity index (χ1n) is 7.14. The van der Waals surface area contributed by atoms with Crippen LogP contribution in [0.15, 0.2) is 18.2 Å². The molecule has 1 aromatic carbocycles. The second-order valence-electron chi connectivity index (χ2n) is 5.62. The van der Waals surface area contributed by atoms with Gasteiger partial charge in [0.2, 0.25) is 0 Å². The van der Waals surface area contributed by atoms with E-state index in [2.05, 4.69) is 0 Å². The first-order chi connectivity index (χ1) is 9.84. The van der Waals surface area contributed by atoms with Crippen molar-refractivity contribution >= 4 is 5.69 Å². The van der Waals surface area contributed by atoms with Gasteiger partial charge < -0.3 is 10.6 Å². The van der Waals surface area contributed by atoms with E-state index in [0.717, 1.165) is 31.7 Å². The summed E-state index contributed by atoms with van der Waals surface area (Å²) in [6.45, 7) is 0.511. The van der Waals surface area contributed by atoms with Crippen LogP contribution >= 0.6 is 0 Å². The molecular weight excluding hydrogens is 284 g/mol. The molecule has 1 aliphatic rings. The van der Waals surface area contributed by atoms with Gasteiger partial charge in [-0.15, -0.1) is 0 Å². The van der Waals surface area contributed by atoms with Gasteiger partial charge in [0.15, 0.2) is 0 Å². The molecule has 1 saturated carbocycles. The Balaban J connectivity index is 2.24. The predicted molar refractivity (Wildman–Crippen MR) is 74.6 cm³/mol. The number of halogens is 4. The Morgan fingerprint density at radius 3 is 2.48 bits per heavy atom. The quantitative estimate of drug-likeness (QED) is 0.861. The molecule has 0 spiro atoms. The maximum absolute atomic E-state index is 14.0. The first-order valence-corrected chi connectivity index (χ1v) is 7.14. The molecule has 0 radical (unpaired) electrons. The highest BCUT2D eigenvalue weighted by molar-refractivity contribution is 5.50. The molecule has 0 aliphatic heterocycles. The number of rotatable bonds is 3. The van der Waals surface area contributed by atoms with Crippen molar-refractivity contribution < 1.29 is 17.6 Å². The molecule has 1 fully saturated rings. The fraction of sp³-hybridized carbons (Fsp3) is 0.600. The van der Waals surface area contributed by atoms with E-state index in [1.807, 2.05) is 0 Å². The van der Waals surface area contributed by atoms with E-state index in [1.54, 1.807) is 11.9 Å². The van der Waals surface area contributed by atoms with Crippen LogP contribution in [-0.2, 0) is 6.18 Å². The molecule has 2 N–H and O–H groups in total. The van der Waals surface area contributed by atoms with Gasteiger partial charge in [0.25, 0.3) is 0 Å². The lowest BCUT2D eigenvalue weighted by molar-refractivity contribution is -0.137. The summed E-state index contributed by atoms with van der Waals surface area (Å²) in [5.41, 5.74) is 5.00. The first kappa shape index (κ1) is 16.1. The monoisotopic (exact) mass is 304 g/mol. The Morgan fingerprint density at radius 2 is 1.90 bits per heavy atom. The van der Waals surface area contributed by atoms with Gasteiger partial charge in [-0.25, -0.2) is 4.39 Å². The lowest BCUT2D eigenvalue weighted by Gasteiger charge is -2.39. The standard InChI is InChI=1S/C15H20F4N2/c1-21(13-5-3-2-4-10(13)9-20)14-7-6-11(8-12(14)16)15(17,18)19/h6-8,10,13H,2-5,9,20H2,1H3. The summed E-state index contributed by atoms with van der Waals surface area (Å²) in [4.78, 5) is 1.74. The largest absolute Gasteiger partial charge is 0.416 e. The second-order valence-corrected chi connectivity index (χ2v) is 5.62. The van der Waals surface area contributed by atoms with Crippen LogP contribution in [0.3, 0.4) is 0 Å². The molecule has 0 amide bonds. The Morgan fingerprint density at radius 1 is 1.24 bits per heavy atom. The molecule has 1 aromatic rings. The molecular formula is C15H20F4N2. The smallest absolute Gasteiger partial charge is 0.369 e. The Kier molecular flexibility index (Phi) is 4.76. The zero-order valence-corrected chi connectivity index (χ0v) is 12.0. The van der Waals surface area contributed by atoms with Crippen LogP contribution < -0.4 is 10.6 Å². The molecule has 1 aliphatic carbocycles. The molecule has 0 saturated heterocycles. The number of nitrogens with zero attached hydrogens (tertiary/aromatic N) is 1. The molecule has 2 unspecified atom stereocenters. The van der Waals surface area contributed by atoms with Gasteiger partial charge in [-0.2, -0.15) is 13.2 Å². The second kappa shape index (κ2) is 6.22. The van der Waals surface area contributed by atoms with Gasteiger partial charge in [-0.1, -0.05) is 12.8 Å². The summed E-state index contributed by atoms with van der Waals surface area (Å²) in [5.74, 6) is -0.584. The van der Waals surface area contributed by atoms with E-state index >= 15 is 0 Å². The zero-order chi connectivity index (χ0) is 15.6. The summed E-state index contributed by atoms with van der Waals surface area (Å²) < 4.78 is 51.8. The topological polar surface area (TPSA) is 29.3 Å². The van der Waals surface area contributed by atoms with E-state index in [9.17, 15) is 17.6 Å². The van der Waals surface area contributed by atoms with Crippen LogP contribution in [0.4, 0.5) is 23.2 Å². The molecule has 2 rings (SSSR count). The number of alkyl halides is 3. The minimum atomic E-state index is -4.53. The normalized spacial score (nSPS) is 23.1. The minimum Gasteiger partial charge on any atom is -0.369 e. The highest BCUT2D eigenvalue weighted by Gasteiger charge is 2.33. The van der Waals surface area contributed by atoms with Crippen LogP contribution in [-0.4, -0.2) is 19.6 Å². The van der Waals surface area contributed by atoms with Crippen molar-refractivity contribution in [3.8, 4) is 0 Å². The average Bonchev–Trinajstić information content (AvgIpc) is 2.45. The fourth-order valence-electron chi connectivity index (χ4n) is 3.12. The lowest BCUT2D eigenvalue weighted by atomic mass is 9.83. The molecule has 118 valence electrons. The third-order valence-electron chi connectivity index (χ3n) is 4.32. The molecule has 0 bridgehead atoms. The lowest BCUT2D eigenvalue weighted by Crippen LogP contribution is -2.43. The molecule has 21 heavy (non-hydrogen) atoms. The third-order valence-corrected chi connectivity index (χ3v) is 4.32. The van der Waals surface area contributed by atoms with Crippen molar-refractivity contribution in [2.45, 2.75) is 37.9 Å². The van der Waals surface area contributed by atoms with Crippen molar-refractivity contribution in [2.24, 2.45) is 11.7 Å². The van der Waals surface area contributed by atoms with Gasteiger partial charge in [0.05, 0.1) is 11.3 Å². The van der Waals surface area contributed by atoms with Crippen molar-refractivity contribution in [3.05, 3.63) is 29.6 Å². The highest BCUT2D eigenvalue weighted by Crippen LogP contribution is 2.35. The molecule has 0 heterocycles.